The standard InChI is InChI=1S/C33H42Cl4N4O3/c1-38(2)31(43)32(41-14-4-3-5-15-41)11-16-39(17-12-32)18-13-33(25-9-10-26(34)28(36)22-25)23-40(19-20-44-33)29(42)21-24-7-6-8-27(35)30(24)37/h6-10,22H,3-5,11-21,23H2,1-2H3. The molecule has 3 aliphatic rings. The topological polar surface area (TPSA) is 56.3 Å². The Bertz CT molecular complexity index is 1340. The average molecular weight is 685 g/mol. The van der Waals surface area contributed by atoms with Gasteiger partial charge in [0.05, 0.1) is 39.7 Å². The number of carbonyl (C=O) groups excluding carboxylic acids is 2. The molecule has 2 aromatic rings. The second kappa shape index (κ2) is 14.5. The molecular formula is C33H42Cl4N4O3. The normalized spacial score (nSPS) is 23.0. The molecule has 240 valence electrons. The van der Waals surface area contributed by atoms with Gasteiger partial charge in [-0.3, -0.25) is 14.5 Å². The second-order valence-corrected chi connectivity index (χ2v) is 14.1. The van der Waals surface area contributed by atoms with Crippen molar-refractivity contribution in [2.45, 2.75) is 56.1 Å². The van der Waals surface area contributed by atoms with Crippen molar-refractivity contribution in [2.75, 3.05) is 66.5 Å². The molecular weight excluding hydrogens is 642 g/mol. The SMILES string of the molecule is CN(C)C(=O)C1(N2CCCCC2)CCN(CCC2(c3ccc(Cl)c(Cl)c3)CN(C(=O)Cc3cccc(Cl)c3Cl)CCO2)CC1. The maximum Gasteiger partial charge on any atom is 0.242 e. The van der Waals surface area contributed by atoms with Gasteiger partial charge in [0, 0.05) is 40.3 Å². The van der Waals surface area contributed by atoms with Crippen LogP contribution in [0.2, 0.25) is 20.1 Å². The van der Waals surface area contributed by atoms with Crippen molar-refractivity contribution >= 4 is 58.2 Å². The smallest absolute Gasteiger partial charge is 0.242 e. The van der Waals surface area contributed by atoms with Crippen molar-refractivity contribution < 1.29 is 14.3 Å². The van der Waals surface area contributed by atoms with Crippen LogP contribution < -0.4 is 0 Å². The Morgan fingerprint density at radius 2 is 1.61 bits per heavy atom. The van der Waals surface area contributed by atoms with E-state index in [0.29, 0.717) is 51.8 Å². The predicted octanol–water partition coefficient (Wildman–Crippen LogP) is 6.40. The van der Waals surface area contributed by atoms with E-state index in [-0.39, 0.29) is 18.2 Å². The van der Waals surface area contributed by atoms with Crippen LogP contribution in [-0.2, 0) is 26.3 Å². The van der Waals surface area contributed by atoms with Crippen LogP contribution in [0.15, 0.2) is 36.4 Å². The summed E-state index contributed by atoms with van der Waals surface area (Å²) in [5.41, 5.74) is 0.399. The molecule has 7 nitrogen and oxygen atoms in total. The molecule has 2 amide bonds. The predicted molar refractivity (Wildman–Crippen MR) is 178 cm³/mol. The monoisotopic (exact) mass is 682 g/mol. The highest BCUT2D eigenvalue weighted by Crippen LogP contribution is 2.39. The van der Waals surface area contributed by atoms with E-state index >= 15 is 0 Å². The summed E-state index contributed by atoms with van der Waals surface area (Å²) in [5.74, 6) is 0.185. The number of benzene rings is 2. The zero-order valence-corrected chi connectivity index (χ0v) is 28.6. The summed E-state index contributed by atoms with van der Waals surface area (Å²) in [4.78, 5) is 35.7. The van der Waals surface area contributed by atoms with Crippen LogP contribution in [0, 0.1) is 0 Å². The van der Waals surface area contributed by atoms with E-state index in [9.17, 15) is 9.59 Å². The van der Waals surface area contributed by atoms with Gasteiger partial charge >= 0.3 is 0 Å². The van der Waals surface area contributed by atoms with Gasteiger partial charge in [0.1, 0.15) is 11.1 Å². The minimum atomic E-state index is -0.763. The maximum absolute atomic E-state index is 13.6. The number of piperidine rings is 2. The molecule has 2 aromatic carbocycles. The van der Waals surface area contributed by atoms with Crippen LogP contribution in [0.3, 0.4) is 0 Å². The van der Waals surface area contributed by atoms with Gasteiger partial charge in [-0.1, -0.05) is 71.0 Å². The van der Waals surface area contributed by atoms with Crippen LogP contribution in [0.25, 0.3) is 0 Å². The zero-order valence-electron chi connectivity index (χ0n) is 25.6. The molecule has 11 heteroatoms. The first-order valence-corrected chi connectivity index (χ1v) is 17.1. The van der Waals surface area contributed by atoms with Crippen molar-refractivity contribution in [1.29, 1.82) is 0 Å². The lowest BCUT2D eigenvalue weighted by atomic mass is 9.82. The number of likely N-dealkylation sites (N-methyl/N-ethyl adjacent to an activating group) is 1. The maximum atomic E-state index is 13.6. The fraction of sp³-hybridized carbons (Fsp3) is 0.576. The van der Waals surface area contributed by atoms with Gasteiger partial charge in [0.2, 0.25) is 11.8 Å². The summed E-state index contributed by atoms with van der Waals surface area (Å²) in [7, 11) is 3.74. The van der Waals surface area contributed by atoms with Crippen molar-refractivity contribution in [2.24, 2.45) is 0 Å². The van der Waals surface area contributed by atoms with Crippen LogP contribution >= 0.6 is 46.4 Å². The number of carbonyl (C=O) groups is 2. The summed E-state index contributed by atoms with van der Waals surface area (Å²) in [5, 5.41) is 1.76. The number of rotatable bonds is 8. The molecule has 3 saturated heterocycles. The van der Waals surface area contributed by atoms with Gasteiger partial charge in [-0.15, -0.1) is 0 Å². The Balaban J connectivity index is 1.33. The third kappa shape index (κ3) is 7.20. The molecule has 0 aliphatic carbocycles. The number of hydrogen-bond acceptors (Lipinski definition) is 5. The average Bonchev–Trinajstić information content (AvgIpc) is 3.04. The molecule has 3 heterocycles. The first kappa shape index (κ1) is 33.8. The zero-order chi connectivity index (χ0) is 31.5. The summed E-state index contributed by atoms with van der Waals surface area (Å²) in [6, 6.07) is 11.0. The molecule has 3 aliphatic heterocycles. The third-order valence-electron chi connectivity index (χ3n) is 9.64. The number of likely N-dealkylation sites (tertiary alicyclic amines) is 2. The van der Waals surface area contributed by atoms with E-state index in [1.165, 1.54) is 6.42 Å². The Hall–Kier alpha value is -1.58. The van der Waals surface area contributed by atoms with Gasteiger partial charge in [-0.05, 0) is 74.5 Å². The number of morpholine rings is 1. The van der Waals surface area contributed by atoms with Crippen LogP contribution in [0.1, 0.15) is 49.7 Å². The summed E-state index contributed by atoms with van der Waals surface area (Å²) in [6.07, 6.45) is 5.94. The molecule has 0 N–H and O–H groups in total. The number of hydrogen-bond donors (Lipinski definition) is 0. The summed E-state index contributed by atoms with van der Waals surface area (Å²) >= 11 is 25.4. The highest BCUT2D eigenvalue weighted by atomic mass is 35.5. The van der Waals surface area contributed by atoms with Crippen LogP contribution in [-0.4, -0.2) is 103 Å². The second-order valence-electron chi connectivity index (χ2n) is 12.5. The minimum absolute atomic E-state index is 0.0339. The molecule has 1 unspecified atom stereocenters. The first-order chi connectivity index (χ1) is 21.0. The molecule has 3 fully saturated rings. The van der Waals surface area contributed by atoms with E-state index in [0.717, 1.165) is 64.0 Å². The molecule has 0 spiro atoms. The fourth-order valence-corrected chi connectivity index (χ4v) is 7.78. The molecule has 0 radical (unpaired) electrons. The van der Waals surface area contributed by atoms with Gasteiger partial charge < -0.3 is 19.4 Å². The van der Waals surface area contributed by atoms with E-state index in [1.54, 1.807) is 23.1 Å². The lowest BCUT2D eigenvalue weighted by Gasteiger charge is -2.50. The number of halogens is 4. The molecule has 0 saturated carbocycles. The minimum Gasteiger partial charge on any atom is -0.367 e. The van der Waals surface area contributed by atoms with E-state index in [2.05, 4.69) is 9.80 Å². The van der Waals surface area contributed by atoms with Crippen molar-refractivity contribution in [3.8, 4) is 0 Å². The summed E-state index contributed by atoms with van der Waals surface area (Å²) in [6.45, 7) is 5.63. The fourth-order valence-electron chi connectivity index (χ4n) is 7.10. The first-order valence-electron chi connectivity index (χ1n) is 15.5. The van der Waals surface area contributed by atoms with Gasteiger partial charge in [0.25, 0.3) is 0 Å². The van der Waals surface area contributed by atoms with E-state index in [1.807, 2.05) is 37.2 Å². The number of amides is 2. The van der Waals surface area contributed by atoms with Gasteiger partial charge in [-0.2, -0.15) is 0 Å². The van der Waals surface area contributed by atoms with Crippen molar-refractivity contribution in [1.82, 2.24) is 19.6 Å². The number of nitrogens with zero attached hydrogens (tertiary/aromatic N) is 4. The van der Waals surface area contributed by atoms with Crippen molar-refractivity contribution in [3.63, 3.8) is 0 Å². The lowest BCUT2D eigenvalue weighted by molar-refractivity contribution is -0.155. The number of ether oxygens (including phenoxy) is 1. The highest BCUT2D eigenvalue weighted by Gasteiger charge is 2.48. The Kier molecular flexibility index (Phi) is 11.1. The van der Waals surface area contributed by atoms with Gasteiger partial charge in [0.15, 0.2) is 0 Å². The van der Waals surface area contributed by atoms with E-state index in [4.69, 9.17) is 51.1 Å². The lowest BCUT2D eigenvalue weighted by Crippen LogP contribution is -2.64. The largest absolute Gasteiger partial charge is 0.367 e. The third-order valence-corrected chi connectivity index (χ3v) is 11.2. The molecule has 5 rings (SSSR count). The Morgan fingerprint density at radius 3 is 2.30 bits per heavy atom. The Morgan fingerprint density at radius 1 is 0.886 bits per heavy atom. The highest BCUT2D eigenvalue weighted by molar-refractivity contribution is 6.42. The molecule has 44 heavy (non-hydrogen) atoms. The van der Waals surface area contributed by atoms with Crippen molar-refractivity contribution in [3.05, 3.63) is 67.6 Å². The Labute approximate surface area is 281 Å². The molecule has 0 bridgehead atoms. The van der Waals surface area contributed by atoms with Crippen LogP contribution in [0.5, 0.6) is 0 Å². The quantitative estimate of drug-likeness (QED) is 0.323. The molecule has 1 atom stereocenters. The van der Waals surface area contributed by atoms with E-state index < -0.39 is 11.1 Å². The van der Waals surface area contributed by atoms with Gasteiger partial charge in [-0.25, -0.2) is 0 Å². The summed E-state index contributed by atoms with van der Waals surface area (Å²) < 4.78 is 6.58. The molecule has 0 aromatic heterocycles. The van der Waals surface area contributed by atoms with Crippen LogP contribution in [0.4, 0.5) is 0 Å².